The van der Waals surface area contributed by atoms with E-state index in [4.69, 9.17) is 0 Å². The Morgan fingerprint density at radius 3 is 2.88 bits per heavy atom. The second kappa shape index (κ2) is 6.92. The third kappa shape index (κ3) is 5.92. The molecule has 0 saturated carbocycles. The molecule has 2 heteroatoms. The van der Waals surface area contributed by atoms with Gasteiger partial charge in [-0.2, -0.15) is 0 Å². The van der Waals surface area contributed by atoms with Gasteiger partial charge < -0.3 is 5.32 Å². The summed E-state index contributed by atoms with van der Waals surface area (Å²) in [6, 6.07) is 0. The van der Waals surface area contributed by atoms with Crippen LogP contribution in [0.25, 0.3) is 0 Å². The Morgan fingerprint density at radius 2 is 2.38 bits per heavy atom. The lowest BCUT2D eigenvalue weighted by molar-refractivity contribution is 0.736. The van der Waals surface area contributed by atoms with Crippen molar-refractivity contribution in [3.05, 3.63) is 11.8 Å². The minimum atomic E-state index is 1.14. The van der Waals surface area contributed by atoms with E-state index < -0.39 is 0 Å². The molecule has 0 aliphatic heterocycles. The maximum Gasteiger partial charge on any atom is 0.0287 e. The van der Waals surface area contributed by atoms with Crippen molar-refractivity contribution in [2.24, 2.45) is 0 Å². The number of unbranched alkanes of at least 4 members (excludes halogenated alkanes) is 1. The highest BCUT2D eigenvalue weighted by Gasteiger charge is 1.77. The van der Waals surface area contributed by atoms with Crippen LogP contribution in [0.4, 0.5) is 0 Å². The SMILES string of the molecule is CNCCCC=C[SiH3]. The highest BCUT2D eigenvalue weighted by molar-refractivity contribution is 6.16. The number of hydrogen-bond acceptors (Lipinski definition) is 1. The molecule has 0 atom stereocenters. The van der Waals surface area contributed by atoms with E-state index in [-0.39, 0.29) is 0 Å². The van der Waals surface area contributed by atoms with Crippen molar-refractivity contribution in [2.75, 3.05) is 13.6 Å². The van der Waals surface area contributed by atoms with E-state index in [1.807, 2.05) is 7.05 Å². The van der Waals surface area contributed by atoms with E-state index in [2.05, 4.69) is 17.1 Å². The number of nitrogens with one attached hydrogen (secondary N) is 1. The predicted octanol–water partition coefficient (Wildman–Crippen LogP) is -0.135. The van der Waals surface area contributed by atoms with Crippen LogP contribution < -0.4 is 5.32 Å². The summed E-state index contributed by atoms with van der Waals surface area (Å²) in [4.78, 5) is 0. The Labute approximate surface area is 54.6 Å². The van der Waals surface area contributed by atoms with Crippen molar-refractivity contribution >= 4 is 10.2 Å². The van der Waals surface area contributed by atoms with Crippen LogP contribution in [0.2, 0.25) is 0 Å². The molecule has 0 aliphatic carbocycles. The fourth-order valence-corrected chi connectivity index (χ4v) is 0.897. The Kier molecular flexibility index (Phi) is 6.85. The smallest absolute Gasteiger partial charge is 0.0287 e. The minimum Gasteiger partial charge on any atom is -0.320 e. The largest absolute Gasteiger partial charge is 0.320 e. The first-order valence-corrected chi connectivity index (χ1v) is 4.33. The van der Waals surface area contributed by atoms with Crippen molar-refractivity contribution in [3.8, 4) is 0 Å². The van der Waals surface area contributed by atoms with Crippen LogP contribution in [0.15, 0.2) is 11.8 Å². The molecule has 0 amide bonds. The van der Waals surface area contributed by atoms with E-state index in [1.54, 1.807) is 0 Å². The number of hydrogen-bond donors (Lipinski definition) is 1. The average Bonchev–Trinajstić information content (AvgIpc) is 1.81. The van der Waals surface area contributed by atoms with Crippen LogP contribution in [0.1, 0.15) is 12.8 Å². The van der Waals surface area contributed by atoms with Crippen LogP contribution >= 0.6 is 0 Å². The molecule has 0 radical (unpaired) electrons. The molecule has 0 aromatic rings. The van der Waals surface area contributed by atoms with Gasteiger partial charge in [0, 0.05) is 10.2 Å². The van der Waals surface area contributed by atoms with E-state index in [0.29, 0.717) is 0 Å². The molecule has 0 rings (SSSR count). The van der Waals surface area contributed by atoms with E-state index in [1.165, 1.54) is 23.1 Å². The van der Waals surface area contributed by atoms with E-state index in [0.717, 1.165) is 6.54 Å². The van der Waals surface area contributed by atoms with Crippen LogP contribution in [0.5, 0.6) is 0 Å². The molecule has 0 aromatic carbocycles. The third-order valence-corrected chi connectivity index (χ3v) is 1.50. The molecule has 0 fully saturated rings. The molecule has 48 valence electrons. The Balaban J connectivity index is 2.72. The maximum atomic E-state index is 3.10. The van der Waals surface area contributed by atoms with Crippen molar-refractivity contribution in [1.29, 1.82) is 0 Å². The fourth-order valence-electron chi connectivity index (χ4n) is 0.563. The highest BCUT2D eigenvalue weighted by Crippen LogP contribution is 1.85. The van der Waals surface area contributed by atoms with Crippen molar-refractivity contribution in [2.45, 2.75) is 12.8 Å². The molecule has 1 nitrogen and oxygen atoms in total. The number of rotatable bonds is 4. The zero-order valence-electron chi connectivity index (χ0n) is 5.78. The summed E-state index contributed by atoms with van der Waals surface area (Å²) in [5.74, 6) is 0. The lowest BCUT2D eigenvalue weighted by atomic mass is 10.3. The molecule has 0 heterocycles. The van der Waals surface area contributed by atoms with Crippen LogP contribution in [0, 0.1) is 0 Å². The summed E-state index contributed by atoms with van der Waals surface area (Å²) in [7, 11) is 3.20. The highest BCUT2D eigenvalue weighted by atomic mass is 28.1. The standard InChI is InChI=1S/C6H15NSi/c1-7-5-3-2-4-6-8/h4,6-7H,2-3,5H2,1,8H3. The van der Waals surface area contributed by atoms with E-state index >= 15 is 0 Å². The summed E-state index contributed by atoms with van der Waals surface area (Å²) in [6.07, 6.45) is 4.77. The van der Waals surface area contributed by atoms with Gasteiger partial charge in [0.1, 0.15) is 0 Å². The quantitative estimate of drug-likeness (QED) is 0.412. The Morgan fingerprint density at radius 1 is 1.62 bits per heavy atom. The second-order valence-corrected chi connectivity index (χ2v) is 2.48. The summed E-state index contributed by atoms with van der Waals surface area (Å²) in [6.45, 7) is 1.14. The first-order chi connectivity index (χ1) is 3.91. The van der Waals surface area contributed by atoms with Crippen molar-refractivity contribution in [1.82, 2.24) is 5.32 Å². The lowest BCUT2D eigenvalue weighted by Crippen LogP contribution is -2.06. The van der Waals surface area contributed by atoms with Gasteiger partial charge in [-0.05, 0) is 26.4 Å². The Hall–Kier alpha value is -0.0831. The summed E-state index contributed by atoms with van der Waals surface area (Å²) in [5.41, 5.74) is 2.23. The van der Waals surface area contributed by atoms with Gasteiger partial charge in [-0.3, -0.25) is 0 Å². The number of allylic oxidation sites excluding steroid dienone is 1. The zero-order chi connectivity index (χ0) is 6.24. The minimum absolute atomic E-state index is 1.14. The van der Waals surface area contributed by atoms with Gasteiger partial charge in [-0.1, -0.05) is 6.08 Å². The van der Waals surface area contributed by atoms with Gasteiger partial charge in [-0.25, -0.2) is 0 Å². The first-order valence-electron chi connectivity index (χ1n) is 3.17. The average molecular weight is 129 g/mol. The van der Waals surface area contributed by atoms with Crippen LogP contribution in [-0.4, -0.2) is 23.8 Å². The second-order valence-electron chi connectivity index (χ2n) is 1.81. The fraction of sp³-hybridized carbons (Fsp3) is 0.667. The van der Waals surface area contributed by atoms with Crippen molar-refractivity contribution in [3.63, 3.8) is 0 Å². The normalized spacial score (nSPS) is 11.1. The molecular weight excluding hydrogens is 114 g/mol. The molecule has 0 saturated heterocycles. The molecule has 0 bridgehead atoms. The van der Waals surface area contributed by atoms with Crippen LogP contribution in [0.3, 0.4) is 0 Å². The summed E-state index contributed by atoms with van der Waals surface area (Å²) < 4.78 is 0. The summed E-state index contributed by atoms with van der Waals surface area (Å²) in [5, 5.41) is 3.10. The molecule has 1 N–H and O–H groups in total. The van der Waals surface area contributed by atoms with Gasteiger partial charge in [0.2, 0.25) is 0 Å². The first kappa shape index (κ1) is 7.92. The molecule has 8 heavy (non-hydrogen) atoms. The van der Waals surface area contributed by atoms with Crippen molar-refractivity contribution < 1.29 is 0 Å². The van der Waals surface area contributed by atoms with Gasteiger partial charge in [0.15, 0.2) is 0 Å². The molecule has 0 aromatic heterocycles. The molecule has 0 aliphatic rings. The van der Waals surface area contributed by atoms with E-state index in [9.17, 15) is 0 Å². The molecule has 0 unspecified atom stereocenters. The third-order valence-electron chi connectivity index (χ3n) is 1.03. The topological polar surface area (TPSA) is 12.0 Å². The van der Waals surface area contributed by atoms with Gasteiger partial charge in [0.25, 0.3) is 0 Å². The predicted molar refractivity (Wildman–Crippen MR) is 42.2 cm³/mol. The van der Waals surface area contributed by atoms with Gasteiger partial charge in [0.05, 0.1) is 0 Å². The maximum absolute atomic E-state index is 3.10. The monoisotopic (exact) mass is 129 g/mol. The molecular formula is C6H15NSi. The zero-order valence-corrected chi connectivity index (χ0v) is 7.78. The van der Waals surface area contributed by atoms with Gasteiger partial charge >= 0.3 is 0 Å². The van der Waals surface area contributed by atoms with Crippen LogP contribution in [-0.2, 0) is 0 Å². The van der Waals surface area contributed by atoms with Gasteiger partial charge in [-0.15, -0.1) is 5.70 Å². The lowest BCUT2D eigenvalue weighted by Gasteiger charge is -1.91. The molecule has 0 spiro atoms. The Bertz CT molecular complexity index is 61.5. The summed E-state index contributed by atoms with van der Waals surface area (Å²) >= 11 is 0.